The fraction of sp³-hybridized carbons (Fsp3) is 0. The average molecular weight is 358 g/mol. The van der Waals surface area contributed by atoms with E-state index < -0.39 is 21.0 Å². The Bertz CT molecular complexity index is 1060. The highest BCUT2D eigenvalue weighted by Gasteiger charge is 2.23. The summed E-state index contributed by atoms with van der Waals surface area (Å²) in [6.07, 6.45) is 0. The van der Waals surface area contributed by atoms with Gasteiger partial charge in [0.15, 0.2) is 5.75 Å². The second-order valence-electron chi connectivity index (χ2n) is 5.17. The molecule has 0 unspecified atom stereocenters. The smallest absolute Gasteiger partial charge is 0.345 e. The first kappa shape index (κ1) is 16.9. The lowest BCUT2D eigenvalue weighted by Gasteiger charge is -2.12. The van der Waals surface area contributed by atoms with Crippen LogP contribution in [0.15, 0.2) is 65.6 Å². The molecular formula is C17H14N2O5S. The van der Waals surface area contributed by atoms with Crippen LogP contribution < -0.4 is 16.0 Å². The molecule has 3 rings (SSSR count). The van der Waals surface area contributed by atoms with Crippen LogP contribution in [0.3, 0.4) is 0 Å². The maximum atomic E-state index is 12.4. The molecular weight excluding hydrogens is 344 g/mol. The number of benzene rings is 3. The van der Waals surface area contributed by atoms with Gasteiger partial charge < -0.3 is 10.2 Å². The lowest BCUT2D eigenvalue weighted by molar-refractivity contribution is 0.0731. The highest BCUT2D eigenvalue weighted by molar-refractivity contribution is 7.86. The number of nitrogen functional groups attached to an aromatic ring is 1. The molecule has 0 amide bonds. The maximum Gasteiger partial charge on any atom is 0.345 e. The third-order valence-electron chi connectivity index (χ3n) is 3.61. The van der Waals surface area contributed by atoms with E-state index in [4.69, 9.17) is 10.6 Å². The number of hydrazine groups is 1. The average Bonchev–Trinajstić information content (AvgIpc) is 2.60. The van der Waals surface area contributed by atoms with Gasteiger partial charge in [-0.25, -0.2) is 4.79 Å². The summed E-state index contributed by atoms with van der Waals surface area (Å²) in [5.74, 6) is 4.28. The molecule has 7 nitrogen and oxygen atoms in total. The van der Waals surface area contributed by atoms with E-state index >= 15 is 0 Å². The number of hydrogen-bond donors (Lipinski definition) is 3. The van der Waals surface area contributed by atoms with Gasteiger partial charge in [0.2, 0.25) is 0 Å². The molecule has 0 aliphatic heterocycles. The van der Waals surface area contributed by atoms with Crippen molar-refractivity contribution in [3.63, 3.8) is 0 Å². The van der Waals surface area contributed by atoms with Crippen molar-refractivity contribution in [2.24, 2.45) is 5.84 Å². The van der Waals surface area contributed by atoms with Crippen LogP contribution in [0, 0.1) is 0 Å². The number of nitrogens with one attached hydrogen (secondary N) is 1. The minimum Gasteiger partial charge on any atom is -0.421 e. The van der Waals surface area contributed by atoms with Gasteiger partial charge in [-0.2, -0.15) is 8.42 Å². The molecule has 0 bridgehead atoms. The van der Waals surface area contributed by atoms with Crippen LogP contribution in [0.4, 0.5) is 5.69 Å². The van der Waals surface area contributed by atoms with Crippen molar-refractivity contribution in [2.75, 3.05) is 5.43 Å². The van der Waals surface area contributed by atoms with E-state index in [9.17, 15) is 17.8 Å². The summed E-state index contributed by atoms with van der Waals surface area (Å²) in [6.45, 7) is 0. The molecule has 4 N–H and O–H groups in total. The standard InChI is InChI=1S/C17H14N2O5S/c18-19-14-8-4-3-7-13(14)17(20)24-15-10-9-11-5-1-2-6-12(11)16(15)25(21,22)23/h1-10,19H,18H2,(H,21,22,23). The van der Waals surface area contributed by atoms with Crippen molar-refractivity contribution in [1.82, 2.24) is 0 Å². The number of hydrogen-bond acceptors (Lipinski definition) is 6. The van der Waals surface area contributed by atoms with Gasteiger partial charge in [0.05, 0.1) is 11.3 Å². The van der Waals surface area contributed by atoms with Crippen molar-refractivity contribution < 1.29 is 22.5 Å². The molecule has 0 saturated heterocycles. The number of para-hydroxylation sites is 1. The van der Waals surface area contributed by atoms with E-state index in [1.807, 2.05) is 0 Å². The summed E-state index contributed by atoms with van der Waals surface area (Å²) >= 11 is 0. The molecule has 128 valence electrons. The van der Waals surface area contributed by atoms with Gasteiger partial charge in [-0.15, -0.1) is 0 Å². The Morgan fingerprint density at radius 3 is 2.40 bits per heavy atom. The minimum absolute atomic E-state index is 0.124. The Kier molecular flexibility index (Phi) is 4.41. The molecule has 3 aromatic rings. The number of carbonyl (C=O) groups is 1. The van der Waals surface area contributed by atoms with Crippen molar-refractivity contribution in [3.05, 3.63) is 66.2 Å². The highest BCUT2D eigenvalue weighted by Crippen LogP contribution is 2.33. The van der Waals surface area contributed by atoms with Gasteiger partial charge in [-0.1, -0.05) is 42.5 Å². The first-order chi connectivity index (χ1) is 11.9. The van der Waals surface area contributed by atoms with E-state index in [0.717, 1.165) is 0 Å². The molecule has 0 fully saturated rings. The Labute approximate surface area is 143 Å². The largest absolute Gasteiger partial charge is 0.421 e. The van der Waals surface area contributed by atoms with Crippen LogP contribution in [0.5, 0.6) is 5.75 Å². The zero-order chi connectivity index (χ0) is 18.0. The van der Waals surface area contributed by atoms with Crippen LogP contribution in [-0.2, 0) is 10.1 Å². The van der Waals surface area contributed by atoms with Crippen molar-refractivity contribution in [3.8, 4) is 5.75 Å². The van der Waals surface area contributed by atoms with E-state index in [1.54, 1.807) is 42.5 Å². The number of fused-ring (bicyclic) bond motifs is 1. The summed E-state index contributed by atoms with van der Waals surface area (Å²) < 4.78 is 38.5. The van der Waals surface area contributed by atoms with E-state index in [2.05, 4.69) is 5.43 Å². The molecule has 0 atom stereocenters. The Balaban J connectivity index is 2.12. The topological polar surface area (TPSA) is 119 Å². The number of carbonyl (C=O) groups excluding carboxylic acids is 1. The van der Waals surface area contributed by atoms with Crippen LogP contribution in [0.25, 0.3) is 10.8 Å². The lowest BCUT2D eigenvalue weighted by atomic mass is 10.1. The molecule has 0 radical (unpaired) electrons. The molecule has 25 heavy (non-hydrogen) atoms. The van der Waals surface area contributed by atoms with Crippen LogP contribution in [0.2, 0.25) is 0 Å². The molecule has 3 aromatic carbocycles. The van der Waals surface area contributed by atoms with Crippen LogP contribution in [0.1, 0.15) is 10.4 Å². The number of nitrogens with two attached hydrogens (primary N) is 1. The molecule has 0 aromatic heterocycles. The van der Waals surface area contributed by atoms with E-state index in [-0.39, 0.29) is 16.7 Å². The quantitative estimate of drug-likeness (QED) is 0.216. The minimum atomic E-state index is -4.62. The van der Waals surface area contributed by atoms with Crippen molar-refractivity contribution >= 4 is 32.5 Å². The van der Waals surface area contributed by atoms with Crippen molar-refractivity contribution in [2.45, 2.75) is 4.90 Å². The lowest BCUT2D eigenvalue weighted by Crippen LogP contribution is -2.16. The predicted octanol–water partition coefficient (Wildman–Crippen LogP) is 2.59. The van der Waals surface area contributed by atoms with Gasteiger partial charge in [0, 0.05) is 5.39 Å². The summed E-state index contributed by atoms with van der Waals surface area (Å²) in [7, 11) is -4.62. The zero-order valence-corrected chi connectivity index (χ0v) is 13.7. The number of ether oxygens (including phenoxy) is 1. The Hall–Kier alpha value is -2.94. The molecule has 0 aliphatic carbocycles. The first-order valence-electron chi connectivity index (χ1n) is 7.19. The fourth-order valence-electron chi connectivity index (χ4n) is 2.51. The second-order valence-corrected chi connectivity index (χ2v) is 6.53. The Morgan fingerprint density at radius 2 is 1.68 bits per heavy atom. The van der Waals surface area contributed by atoms with Gasteiger partial charge in [0.1, 0.15) is 4.90 Å². The summed E-state index contributed by atoms with van der Waals surface area (Å²) in [5, 5.41) is 0.833. The normalized spacial score (nSPS) is 11.3. The molecule has 8 heteroatoms. The van der Waals surface area contributed by atoms with Crippen molar-refractivity contribution in [1.29, 1.82) is 0 Å². The third-order valence-corrected chi connectivity index (χ3v) is 4.54. The fourth-order valence-corrected chi connectivity index (χ4v) is 3.34. The van der Waals surface area contributed by atoms with Crippen LogP contribution >= 0.6 is 0 Å². The van der Waals surface area contributed by atoms with E-state index in [0.29, 0.717) is 11.1 Å². The summed E-state index contributed by atoms with van der Waals surface area (Å²) in [4.78, 5) is 12.0. The van der Waals surface area contributed by atoms with Gasteiger partial charge in [-0.05, 0) is 23.6 Å². The SMILES string of the molecule is NNc1ccccc1C(=O)Oc1ccc2ccccc2c1S(=O)(=O)O. The molecule has 0 spiro atoms. The second kappa shape index (κ2) is 6.52. The van der Waals surface area contributed by atoms with Gasteiger partial charge >= 0.3 is 5.97 Å². The number of anilines is 1. The van der Waals surface area contributed by atoms with Gasteiger partial charge in [0.25, 0.3) is 10.1 Å². The third kappa shape index (κ3) is 3.31. The maximum absolute atomic E-state index is 12.4. The molecule has 0 saturated carbocycles. The number of esters is 1. The first-order valence-corrected chi connectivity index (χ1v) is 8.63. The molecule has 0 heterocycles. The van der Waals surface area contributed by atoms with Crippen LogP contribution in [-0.4, -0.2) is 18.9 Å². The molecule has 0 aliphatic rings. The zero-order valence-electron chi connectivity index (χ0n) is 12.8. The number of rotatable bonds is 4. The highest BCUT2D eigenvalue weighted by atomic mass is 32.2. The summed E-state index contributed by atoms with van der Waals surface area (Å²) in [6, 6.07) is 15.8. The van der Waals surface area contributed by atoms with E-state index in [1.165, 1.54) is 18.2 Å². The predicted molar refractivity (Wildman–Crippen MR) is 93.0 cm³/mol. The Morgan fingerprint density at radius 1 is 1.00 bits per heavy atom. The van der Waals surface area contributed by atoms with Gasteiger partial charge in [-0.3, -0.25) is 10.4 Å². The summed E-state index contributed by atoms with van der Waals surface area (Å²) in [5.41, 5.74) is 2.81. The monoisotopic (exact) mass is 358 g/mol.